The molecular formula is C16H29N3. The Morgan fingerprint density at radius 2 is 1.42 bits per heavy atom. The van der Waals surface area contributed by atoms with Crippen molar-refractivity contribution < 1.29 is 0 Å². The van der Waals surface area contributed by atoms with Crippen molar-refractivity contribution in [3.63, 3.8) is 0 Å². The van der Waals surface area contributed by atoms with E-state index < -0.39 is 0 Å². The maximum Gasteiger partial charge on any atom is 0.197 e. The molecule has 0 radical (unpaired) electrons. The van der Waals surface area contributed by atoms with Crippen LogP contribution in [0.2, 0.25) is 0 Å². The molecule has 1 fully saturated rings. The molecule has 0 atom stereocenters. The minimum absolute atomic E-state index is 0.350. The molecule has 0 N–H and O–H groups in total. The zero-order valence-corrected chi connectivity index (χ0v) is 13.0. The van der Waals surface area contributed by atoms with E-state index in [1.807, 2.05) is 0 Å². The van der Waals surface area contributed by atoms with Crippen molar-refractivity contribution in [2.24, 2.45) is 4.99 Å². The lowest BCUT2D eigenvalue weighted by atomic mass is 10.4. The van der Waals surface area contributed by atoms with Gasteiger partial charge in [-0.15, -0.1) is 0 Å². The van der Waals surface area contributed by atoms with E-state index in [4.69, 9.17) is 4.99 Å². The Kier molecular flexibility index (Phi) is 7.31. The van der Waals surface area contributed by atoms with Gasteiger partial charge in [0.25, 0.3) is 0 Å². The summed E-state index contributed by atoms with van der Waals surface area (Å²) in [5.74, 6) is 1.16. The number of hydrogen-bond donors (Lipinski definition) is 0. The minimum atomic E-state index is 0.350. The van der Waals surface area contributed by atoms with Crippen LogP contribution < -0.4 is 0 Å². The van der Waals surface area contributed by atoms with E-state index in [1.54, 1.807) is 0 Å². The van der Waals surface area contributed by atoms with Crippen molar-refractivity contribution in [2.45, 2.75) is 46.6 Å². The molecule has 0 aliphatic carbocycles. The summed E-state index contributed by atoms with van der Waals surface area (Å²) in [7, 11) is 0. The van der Waals surface area contributed by atoms with Crippen molar-refractivity contribution in [1.82, 2.24) is 9.80 Å². The summed E-state index contributed by atoms with van der Waals surface area (Å²) in [6, 6.07) is 0.350. The molecule has 1 rings (SSSR count). The number of aliphatic imine (C=N–C) groups is 1. The number of allylic oxidation sites excluding steroid dienone is 2. The molecule has 1 heterocycles. The second-order valence-electron chi connectivity index (χ2n) is 5.17. The van der Waals surface area contributed by atoms with Crippen LogP contribution in [0.3, 0.4) is 0 Å². The smallest absolute Gasteiger partial charge is 0.197 e. The van der Waals surface area contributed by atoms with Crippen molar-refractivity contribution in [2.75, 3.05) is 26.2 Å². The monoisotopic (exact) mass is 263 g/mol. The largest absolute Gasteiger partial charge is 0.337 e. The summed E-state index contributed by atoms with van der Waals surface area (Å²) in [6.07, 6.45) is 11.2. The molecule has 3 heteroatoms. The highest BCUT2D eigenvalue weighted by Gasteiger charge is 2.24. The Morgan fingerprint density at radius 1 is 0.947 bits per heavy atom. The van der Waals surface area contributed by atoms with E-state index in [2.05, 4.69) is 61.8 Å². The summed E-state index contributed by atoms with van der Waals surface area (Å²) >= 11 is 0. The highest BCUT2D eigenvalue weighted by molar-refractivity contribution is 5.82. The van der Waals surface area contributed by atoms with Crippen molar-refractivity contribution in [3.05, 3.63) is 24.3 Å². The van der Waals surface area contributed by atoms with E-state index in [1.165, 1.54) is 0 Å². The van der Waals surface area contributed by atoms with Gasteiger partial charge in [-0.2, -0.15) is 0 Å². The lowest BCUT2D eigenvalue weighted by Crippen LogP contribution is -2.34. The van der Waals surface area contributed by atoms with Crippen LogP contribution in [0.25, 0.3) is 0 Å². The molecule has 1 aliphatic rings. The van der Waals surface area contributed by atoms with E-state index in [9.17, 15) is 0 Å². The van der Waals surface area contributed by atoms with Gasteiger partial charge in [0.05, 0.1) is 0 Å². The van der Waals surface area contributed by atoms with Crippen LogP contribution in [-0.4, -0.2) is 48.0 Å². The number of nitrogens with zero attached hydrogens (tertiary/aromatic N) is 3. The van der Waals surface area contributed by atoms with Crippen LogP contribution in [0.15, 0.2) is 29.3 Å². The fourth-order valence-corrected chi connectivity index (χ4v) is 2.12. The van der Waals surface area contributed by atoms with Gasteiger partial charge in [0.2, 0.25) is 0 Å². The summed E-state index contributed by atoms with van der Waals surface area (Å²) in [5, 5.41) is 0. The zero-order chi connectivity index (χ0) is 14.1. The Bertz CT molecular complexity index is 303. The molecule has 0 saturated carbocycles. The average Bonchev–Trinajstić information content (AvgIpc) is 2.73. The number of hydrogen-bond acceptors (Lipinski definition) is 1. The molecule has 0 bridgehead atoms. The molecular weight excluding hydrogens is 234 g/mol. The molecule has 0 aromatic carbocycles. The van der Waals surface area contributed by atoms with Gasteiger partial charge in [0, 0.05) is 32.2 Å². The summed E-state index contributed by atoms with van der Waals surface area (Å²) in [5.41, 5.74) is 0. The minimum Gasteiger partial charge on any atom is -0.337 e. The molecule has 108 valence electrons. The van der Waals surface area contributed by atoms with Gasteiger partial charge in [-0.1, -0.05) is 38.2 Å². The van der Waals surface area contributed by atoms with Crippen LogP contribution in [-0.2, 0) is 0 Å². The van der Waals surface area contributed by atoms with Crippen LogP contribution in [0, 0.1) is 0 Å². The maximum absolute atomic E-state index is 4.80. The van der Waals surface area contributed by atoms with Gasteiger partial charge in [0.1, 0.15) is 0 Å². The Hall–Kier alpha value is -1.25. The molecule has 0 aromatic rings. The molecule has 0 aromatic heterocycles. The Morgan fingerprint density at radius 3 is 1.79 bits per heavy atom. The van der Waals surface area contributed by atoms with E-state index >= 15 is 0 Å². The highest BCUT2D eigenvalue weighted by Crippen LogP contribution is 2.11. The van der Waals surface area contributed by atoms with Crippen molar-refractivity contribution in [3.8, 4) is 0 Å². The normalized spacial score (nSPS) is 16.6. The van der Waals surface area contributed by atoms with Gasteiger partial charge in [-0.25, -0.2) is 0 Å². The van der Waals surface area contributed by atoms with E-state index in [0.717, 1.165) is 45.0 Å². The molecule has 1 aliphatic heterocycles. The van der Waals surface area contributed by atoms with Gasteiger partial charge >= 0.3 is 0 Å². The van der Waals surface area contributed by atoms with E-state index in [-0.39, 0.29) is 0 Å². The van der Waals surface area contributed by atoms with Gasteiger partial charge in [-0.05, 0) is 26.7 Å². The predicted molar refractivity (Wildman–Crippen MR) is 84.6 cm³/mol. The first-order chi connectivity index (χ1) is 9.19. The van der Waals surface area contributed by atoms with Crippen molar-refractivity contribution >= 4 is 5.96 Å². The quantitative estimate of drug-likeness (QED) is 0.656. The predicted octanol–water partition coefficient (Wildman–Crippen LogP) is 3.30. The molecule has 0 unspecified atom stereocenters. The van der Waals surface area contributed by atoms with Crippen LogP contribution in [0.4, 0.5) is 0 Å². The zero-order valence-electron chi connectivity index (χ0n) is 13.0. The first kappa shape index (κ1) is 15.8. The number of guanidine groups is 1. The average molecular weight is 263 g/mol. The summed E-state index contributed by atoms with van der Waals surface area (Å²) < 4.78 is 0. The second-order valence-corrected chi connectivity index (χ2v) is 5.17. The third-order valence-corrected chi connectivity index (χ3v) is 3.04. The SMILES string of the molecule is CC/C=C\CN1CCN(C/C=C\CC)C1=NC(C)C. The van der Waals surface area contributed by atoms with Crippen LogP contribution in [0.1, 0.15) is 40.5 Å². The van der Waals surface area contributed by atoms with Gasteiger partial charge in [0.15, 0.2) is 5.96 Å². The molecule has 0 amide bonds. The molecule has 1 saturated heterocycles. The fraction of sp³-hybridized carbons (Fsp3) is 0.688. The highest BCUT2D eigenvalue weighted by atomic mass is 15.4. The van der Waals surface area contributed by atoms with Crippen LogP contribution >= 0.6 is 0 Å². The standard InChI is InChI=1S/C16H29N3/c1-5-7-9-11-18-13-14-19(12-10-8-6-2)16(18)17-15(3)4/h7-10,15H,5-6,11-14H2,1-4H3/b9-7-,10-8-. The lowest BCUT2D eigenvalue weighted by molar-refractivity contribution is 0.508. The Labute approximate surface area is 118 Å². The summed E-state index contributed by atoms with van der Waals surface area (Å²) in [6.45, 7) is 12.8. The van der Waals surface area contributed by atoms with Crippen LogP contribution in [0.5, 0.6) is 0 Å². The third-order valence-electron chi connectivity index (χ3n) is 3.04. The fourth-order valence-electron chi connectivity index (χ4n) is 2.12. The first-order valence-corrected chi connectivity index (χ1v) is 7.56. The van der Waals surface area contributed by atoms with Crippen molar-refractivity contribution in [1.29, 1.82) is 0 Å². The second kappa shape index (κ2) is 8.78. The third kappa shape index (κ3) is 5.50. The lowest BCUT2D eigenvalue weighted by Gasteiger charge is -2.22. The molecule has 3 nitrogen and oxygen atoms in total. The van der Waals surface area contributed by atoms with Gasteiger partial charge < -0.3 is 9.80 Å². The maximum atomic E-state index is 4.80. The Balaban J connectivity index is 2.68. The topological polar surface area (TPSA) is 18.8 Å². The molecule has 19 heavy (non-hydrogen) atoms. The molecule has 0 spiro atoms. The summed E-state index contributed by atoms with van der Waals surface area (Å²) in [4.78, 5) is 9.56. The van der Waals surface area contributed by atoms with E-state index in [0.29, 0.717) is 6.04 Å². The number of rotatable bonds is 7. The first-order valence-electron chi connectivity index (χ1n) is 7.56. The van der Waals surface area contributed by atoms with Gasteiger partial charge in [-0.3, -0.25) is 4.99 Å².